The van der Waals surface area contributed by atoms with Gasteiger partial charge in [0.05, 0.1) is 18.6 Å². The lowest BCUT2D eigenvalue weighted by Crippen LogP contribution is -2.57. The van der Waals surface area contributed by atoms with Crippen molar-refractivity contribution in [1.29, 1.82) is 0 Å². The fourth-order valence-electron chi connectivity index (χ4n) is 6.24. The molecule has 1 fully saturated rings. The molecule has 0 radical (unpaired) electrons. The molecular weight excluding hydrogens is 673 g/mol. The molecule has 4 aliphatic rings. The lowest BCUT2D eigenvalue weighted by Gasteiger charge is -2.41. The molecule has 0 bridgehead atoms. The molecule has 18 heteroatoms. The smallest absolute Gasteiger partial charge is 0.325 e. The van der Waals surface area contributed by atoms with E-state index in [4.69, 9.17) is 4.98 Å². The minimum Gasteiger partial charge on any atom is -0.333 e. The molecule has 0 spiro atoms. The van der Waals surface area contributed by atoms with Crippen LogP contribution in [0.25, 0.3) is 0 Å². The van der Waals surface area contributed by atoms with E-state index >= 15 is 0 Å². The van der Waals surface area contributed by atoms with Crippen molar-refractivity contribution in [2.45, 2.75) is 66.8 Å². The van der Waals surface area contributed by atoms with Gasteiger partial charge in [-0.15, -0.1) is 0 Å². The first-order valence-electron chi connectivity index (χ1n) is 15.7. The summed E-state index contributed by atoms with van der Waals surface area (Å²) in [5, 5.41) is 7.74. The number of carbonyl (C=O) groups is 3. The van der Waals surface area contributed by atoms with Crippen LogP contribution in [0.3, 0.4) is 0 Å². The molecule has 2 N–H and O–H groups in total. The standard InChI is InChI=1S/C30H36N12O3S3/c1-16(42-23-18(11-34-28(42)43)10-31-26(37-23)47-3)21-20-13-33-27(48-4)38-24(20)40(29(44)35-21)9-5-8-39-15-19-12-32-25(46-2)36-22(19)41(30(39)45)14-17-6-7-17/h10,12-13,16-17,21H,5-9,11,14-15H2,1-4H3,(H,34,43)(H,35,44). The van der Waals surface area contributed by atoms with E-state index in [2.05, 4.69) is 35.6 Å². The number of anilines is 3. The molecule has 48 heavy (non-hydrogen) atoms. The van der Waals surface area contributed by atoms with Crippen molar-refractivity contribution in [3.63, 3.8) is 0 Å². The summed E-state index contributed by atoms with van der Waals surface area (Å²) in [5.41, 5.74) is 2.40. The summed E-state index contributed by atoms with van der Waals surface area (Å²) >= 11 is 4.24. The van der Waals surface area contributed by atoms with Crippen molar-refractivity contribution in [1.82, 2.24) is 45.4 Å². The molecule has 252 valence electrons. The van der Waals surface area contributed by atoms with E-state index in [0.29, 0.717) is 83.5 Å². The largest absolute Gasteiger partial charge is 0.333 e. The van der Waals surface area contributed by atoms with Gasteiger partial charge in [-0.05, 0) is 50.9 Å². The number of hydrogen-bond acceptors (Lipinski definition) is 12. The van der Waals surface area contributed by atoms with Gasteiger partial charge in [0.1, 0.15) is 17.5 Å². The number of hydrogen-bond donors (Lipinski definition) is 2. The van der Waals surface area contributed by atoms with E-state index in [-0.39, 0.29) is 18.1 Å². The number of urea groups is 3. The molecular formula is C30H36N12O3S3. The molecule has 7 rings (SSSR count). The topological polar surface area (TPSA) is 166 Å². The predicted octanol–water partition coefficient (Wildman–Crippen LogP) is 4.15. The lowest BCUT2D eigenvalue weighted by molar-refractivity contribution is 0.196. The maximum atomic E-state index is 13.8. The van der Waals surface area contributed by atoms with E-state index in [0.717, 1.165) is 24.0 Å². The van der Waals surface area contributed by atoms with E-state index in [1.165, 1.54) is 35.3 Å². The van der Waals surface area contributed by atoms with Crippen LogP contribution in [0.1, 0.15) is 48.9 Å². The molecule has 1 saturated carbocycles. The first-order valence-corrected chi connectivity index (χ1v) is 19.4. The Morgan fingerprint density at radius 1 is 0.812 bits per heavy atom. The van der Waals surface area contributed by atoms with Gasteiger partial charge in [-0.3, -0.25) is 14.7 Å². The lowest BCUT2D eigenvalue weighted by atomic mass is 9.98. The van der Waals surface area contributed by atoms with Crippen LogP contribution >= 0.6 is 35.3 Å². The van der Waals surface area contributed by atoms with Gasteiger partial charge in [0.2, 0.25) is 0 Å². The molecule has 0 saturated heterocycles. The van der Waals surface area contributed by atoms with Crippen LogP contribution in [0, 0.1) is 5.92 Å². The molecule has 3 aromatic heterocycles. The zero-order valence-electron chi connectivity index (χ0n) is 27.0. The van der Waals surface area contributed by atoms with Crippen LogP contribution in [-0.2, 0) is 13.1 Å². The average Bonchev–Trinajstić information content (AvgIpc) is 3.93. The van der Waals surface area contributed by atoms with Crippen molar-refractivity contribution >= 4 is 70.8 Å². The van der Waals surface area contributed by atoms with E-state index in [9.17, 15) is 14.4 Å². The quantitative estimate of drug-likeness (QED) is 0.216. The number of aromatic nitrogens is 6. The second-order valence-electron chi connectivity index (χ2n) is 12.0. The molecule has 6 heterocycles. The highest BCUT2D eigenvalue weighted by Gasteiger charge is 2.42. The van der Waals surface area contributed by atoms with Crippen LogP contribution in [-0.4, -0.2) is 97.3 Å². The first kappa shape index (κ1) is 32.6. The number of rotatable bonds is 11. The zero-order valence-corrected chi connectivity index (χ0v) is 29.5. The molecule has 6 amide bonds. The van der Waals surface area contributed by atoms with Gasteiger partial charge in [-0.1, -0.05) is 35.3 Å². The average molecular weight is 709 g/mol. The Labute approximate surface area is 290 Å². The van der Waals surface area contributed by atoms with Crippen LogP contribution < -0.4 is 25.3 Å². The number of amides is 6. The minimum absolute atomic E-state index is 0.0712. The predicted molar refractivity (Wildman–Crippen MR) is 185 cm³/mol. The van der Waals surface area contributed by atoms with Crippen molar-refractivity contribution in [2.75, 3.05) is 53.1 Å². The van der Waals surface area contributed by atoms with Gasteiger partial charge in [0.15, 0.2) is 15.5 Å². The van der Waals surface area contributed by atoms with Crippen LogP contribution in [0.4, 0.5) is 31.8 Å². The summed E-state index contributed by atoms with van der Waals surface area (Å²) in [6.07, 6.45) is 13.7. The number of fused-ring (bicyclic) bond motifs is 3. The highest BCUT2D eigenvalue weighted by Crippen LogP contribution is 2.38. The Morgan fingerprint density at radius 2 is 1.46 bits per heavy atom. The van der Waals surface area contributed by atoms with Crippen molar-refractivity contribution < 1.29 is 14.4 Å². The fraction of sp³-hybridized carbons (Fsp3) is 0.500. The monoisotopic (exact) mass is 708 g/mol. The van der Waals surface area contributed by atoms with Gasteiger partial charge < -0.3 is 15.5 Å². The SMILES string of the molecule is CSc1ncc2c(n1)N(CC1CC1)C(=O)N(CCCN1C(=O)NC(C(C)N3C(=O)NCc4cnc(SC)nc43)c3cnc(SC)nc31)C2. The third kappa shape index (κ3) is 6.20. The second-order valence-corrected chi connectivity index (χ2v) is 14.3. The van der Waals surface area contributed by atoms with Crippen molar-refractivity contribution in [2.24, 2.45) is 5.92 Å². The van der Waals surface area contributed by atoms with Gasteiger partial charge >= 0.3 is 18.1 Å². The van der Waals surface area contributed by atoms with Crippen LogP contribution in [0.15, 0.2) is 34.1 Å². The molecule has 0 aromatic carbocycles. The maximum Gasteiger partial charge on any atom is 0.325 e. The third-order valence-corrected chi connectivity index (χ3v) is 10.6. The molecule has 15 nitrogen and oxygen atoms in total. The summed E-state index contributed by atoms with van der Waals surface area (Å²) in [7, 11) is 0. The summed E-state index contributed by atoms with van der Waals surface area (Å²) in [4.78, 5) is 75.0. The molecule has 1 aliphatic carbocycles. The van der Waals surface area contributed by atoms with Crippen LogP contribution in [0.2, 0.25) is 0 Å². The van der Waals surface area contributed by atoms with Crippen molar-refractivity contribution in [3.05, 3.63) is 35.3 Å². The van der Waals surface area contributed by atoms with Gasteiger partial charge in [-0.25, -0.2) is 44.3 Å². The maximum absolute atomic E-state index is 13.8. The number of nitrogens with one attached hydrogen (secondary N) is 2. The van der Waals surface area contributed by atoms with Gasteiger partial charge in [0, 0.05) is 61.5 Å². The molecule has 3 aliphatic heterocycles. The summed E-state index contributed by atoms with van der Waals surface area (Å²) in [6, 6.07) is -1.85. The Balaban J connectivity index is 1.11. The molecule has 2 unspecified atom stereocenters. The summed E-state index contributed by atoms with van der Waals surface area (Å²) in [5.74, 6) is 2.20. The summed E-state index contributed by atoms with van der Waals surface area (Å²) in [6.45, 7) is 4.01. The molecule has 2 atom stereocenters. The van der Waals surface area contributed by atoms with Gasteiger partial charge in [0.25, 0.3) is 0 Å². The zero-order chi connectivity index (χ0) is 33.5. The van der Waals surface area contributed by atoms with E-state index in [1.54, 1.807) is 27.1 Å². The Hall–Kier alpha value is -3.90. The minimum atomic E-state index is -0.605. The van der Waals surface area contributed by atoms with Crippen LogP contribution in [0.5, 0.6) is 0 Å². The van der Waals surface area contributed by atoms with Crippen molar-refractivity contribution in [3.8, 4) is 0 Å². The highest BCUT2D eigenvalue weighted by molar-refractivity contribution is 7.98. The Kier molecular flexibility index (Phi) is 9.21. The van der Waals surface area contributed by atoms with Gasteiger partial charge in [-0.2, -0.15) is 0 Å². The first-order chi connectivity index (χ1) is 23.3. The number of carbonyl (C=O) groups excluding carboxylic acids is 3. The van der Waals surface area contributed by atoms with E-state index < -0.39 is 12.1 Å². The Bertz CT molecular complexity index is 1760. The Morgan fingerprint density at radius 3 is 2.15 bits per heavy atom. The third-order valence-electron chi connectivity index (χ3n) is 8.91. The van der Waals surface area contributed by atoms with E-state index in [1.807, 2.05) is 36.8 Å². The summed E-state index contributed by atoms with van der Waals surface area (Å²) < 4.78 is 0. The fourth-order valence-corrected chi connectivity index (χ4v) is 7.25. The second kappa shape index (κ2) is 13.5. The molecule has 3 aromatic rings. The number of nitrogens with zero attached hydrogens (tertiary/aromatic N) is 10. The normalized spacial score (nSPS) is 19.4. The number of thioether (sulfide) groups is 3. The highest BCUT2D eigenvalue weighted by atomic mass is 32.2.